The van der Waals surface area contributed by atoms with E-state index >= 15 is 0 Å². The van der Waals surface area contributed by atoms with Gasteiger partial charge in [-0.3, -0.25) is 9.78 Å². The number of methoxy groups -OCH3 is 1. The number of ether oxygens (including phenoxy) is 1. The normalized spacial score (nSPS) is 18.8. The zero-order chi connectivity index (χ0) is 18.6. The van der Waals surface area contributed by atoms with Crippen molar-refractivity contribution >= 4 is 17.7 Å². The van der Waals surface area contributed by atoms with Crippen molar-refractivity contribution in [3.05, 3.63) is 53.0 Å². The van der Waals surface area contributed by atoms with E-state index in [4.69, 9.17) is 4.74 Å². The molecule has 0 aliphatic carbocycles. The number of thioether (sulfide) groups is 1. The first-order chi connectivity index (χ1) is 13.2. The van der Waals surface area contributed by atoms with Crippen molar-refractivity contribution in [2.24, 2.45) is 0 Å². The molecule has 0 unspecified atom stereocenters. The second-order valence-electron chi connectivity index (χ2n) is 6.89. The van der Waals surface area contributed by atoms with Crippen molar-refractivity contribution < 1.29 is 9.53 Å². The van der Waals surface area contributed by atoms with Crippen LogP contribution in [0.4, 0.5) is 0 Å². The highest BCUT2D eigenvalue weighted by Gasteiger charge is 2.30. The summed E-state index contributed by atoms with van der Waals surface area (Å²) in [5.41, 5.74) is 3.45. The largest absolute Gasteiger partial charge is 0.481 e. The summed E-state index contributed by atoms with van der Waals surface area (Å²) >= 11 is 1.98. The summed E-state index contributed by atoms with van der Waals surface area (Å²) in [6.07, 6.45) is 3.71. The predicted molar refractivity (Wildman–Crippen MR) is 106 cm³/mol. The number of amides is 1. The number of nitrogens with one attached hydrogen (secondary N) is 1. The first-order valence-electron chi connectivity index (χ1n) is 9.31. The minimum atomic E-state index is 0.0498. The van der Waals surface area contributed by atoms with Crippen LogP contribution >= 0.6 is 11.8 Å². The topological polar surface area (TPSA) is 67.3 Å². The lowest BCUT2D eigenvalue weighted by atomic mass is 10.1. The summed E-state index contributed by atoms with van der Waals surface area (Å²) in [6, 6.07) is 8.34. The van der Waals surface area contributed by atoms with Crippen LogP contribution in [0, 0.1) is 0 Å². The summed E-state index contributed by atoms with van der Waals surface area (Å²) in [6.45, 7) is 1.85. The zero-order valence-corrected chi connectivity index (χ0v) is 16.3. The van der Waals surface area contributed by atoms with Crippen LogP contribution in [0.3, 0.4) is 0 Å². The lowest BCUT2D eigenvalue weighted by Gasteiger charge is -2.14. The molecule has 6 nitrogen and oxygen atoms in total. The number of hydrogen-bond donors (Lipinski definition) is 1. The van der Waals surface area contributed by atoms with Gasteiger partial charge in [-0.05, 0) is 30.4 Å². The van der Waals surface area contributed by atoms with E-state index in [0.717, 1.165) is 29.1 Å². The molecule has 4 rings (SSSR count). The average Bonchev–Trinajstić information content (AvgIpc) is 3.33. The van der Waals surface area contributed by atoms with Crippen molar-refractivity contribution in [1.29, 1.82) is 0 Å². The minimum absolute atomic E-state index is 0.0498. The number of fused-ring (bicyclic) bond motifs is 1. The SMILES string of the molecule is COc1nc2c(cc1CN[C@H]1CCSC1)C(=O)N(CCc1ccccn1)C2. The highest BCUT2D eigenvalue weighted by molar-refractivity contribution is 7.99. The number of nitrogens with zero attached hydrogens (tertiary/aromatic N) is 3. The molecule has 142 valence electrons. The van der Waals surface area contributed by atoms with Crippen LogP contribution in [0.25, 0.3) is 0 Å². The molecule has 2 aromatic rings. The fraction of sp³-hybridized carbons (Fsp3) is 0.450. The van der Waals surface area contributed by atoms with Crippen LogP contribution in [0.15, 0.2) is 30.5 Å². The van der Waals surface area contributed by atoms with E-state index < -0.39 is 0 Å². The lowest BCUT2D eigenvalue weighted by molar-refractivity contribution is 0.0779. The van der Waals surface area contributed by atoms with E-state index in [1.54, 1.807) is 13.3 Å². The van der Waals surface area contributed by atoms with Gasteiger partial charge in [-0.15, -0.1) is 0 Å². The summed E-state index contributed by atoms with van der Waals surface area (Å²) < 4.78 is 5.49. The molecule has 0 spiro atoms. The number of carbonyl (C=O) groups excluding carboxylic acids is 1. The van der Waals surface area contributed by atoms with Gasteiger partial charge < -0.3 is 15.0 Å². The van der Waals surface area contributed by atoms with E-state index in [1.807, 2.05) is 40.9 Å². The molecule has 0 aromatic carbocycles. The Morgan fingerprint density at radius 1 is 1.41 bits per heavy atom. The van der Waals surface area contributed by atoms with Gasteiger partial charge >= 0.3 is 0 Å². The second-order valence-corrected chi connectivity index (χ2v) is 8.04. The first-order valence-corrected chi connectivity index (χ1v) is 10.5. The van der Waals surface area contributed by atoms with E-state index in [9.17, 15) is 4.79 Å². The Kier molecular flexibility index (Phi) is 5.59. The van der Waals surface area contributed by atoms with Gasteiger partial charge in [0, 0.05) is 48.8 Å². The predicted octanol–water partition coefficient (Wildman–Crippen LogP) is 2.28. The molecule has 2 aliphatic rings. The maximum Gasteiger partial charge on any atom is 0.256 e. The fourth-order valence-electron chi connectivity index (χ4n) is 3.53. The Bertz CT molecular complexity index is 809. The molecule has 2 aromatic heterocycles. The maximum atomic E-state index is 12.8. The van der Waals surface area contributed by atoms with Gasteiger partial charge in [0.25, 0.3) is 5.91 Å². The maximum absolute atomic E-state index is 12.8. The third kappa shape index (κ3) is 4.09. The van der Waals surface area contributed by atoms with Gasteiger partial charge in [-0.25, -0.2) is 4.98 Å². The molecule has 1 fully saturated rings. The standard InChI is InChI=1S/C20H24N4O2S/c1-26-19-14(11-22-16-6-9-27-13-16)10-17-18(23-19)12-24(20(17)25)8-5-15-4-2-3-7-21-15/h2-4,7,10,16,22H,5-6,8-9,11-13H2,1H3/t16-/m0/s1. The minimum Gasteiger partial charge on any atom is -0.481 e. The molecule has 0 saturated carbocycles. The van der Waals surface area contributed by atoms with Gasteiger partial charge in [0.15, 0.2) is 0 Å². The van der Waals surface area contributed by atoms with Crippen LogP contribution in [0.2, 0.25) is 0 Å². The quantitative estimate of drug-likeness (QED) is 0.790. The highest BCUT2D eigenvalue weighted by atomic mass is 32.2. The molecule has 1 atom stereocenters. The monoisotopic (exact) mass is 384 g/mol. The molecule has 1 N–H and O–H groups in total. The molecular weight excluding hydrogens is 360 g/mol. The first kappa shape index (κ1) is 18.3. The van der Waals surface area contributed by atoms with Crippen molar-refractivity contribution in [3.8, 4) is 5.88 Å². The van der Waals surface area contributed by atoms with Crippen LogP contribution in [-0.2, 0) is 19.5 Å². The molecule has 27 heavy (non-hydrogen) atoms. The van der Waals surface area contributed by atoms with Gasteiger partial charge in [0.2, 0.25) is 5.88 Å². The van der Waals surface area contributed by atoms with Crippen molar-refractivity contribution in [3.63, 3.8) is 0 Å². The van der Waals surface area contributed by atoms with Gasteiger partial charge in [0.1, 0.15) is 0 Å². The molecule has 7 heteroatoms. The van der Waals surface area contributed by atoms with Crippen LogP contribution in [0.5, 0.6) is 5.88 Å². The van der Waals surface area contributed by atoms with Crippen LogP contribution < -0.4 is 10.1 Å². The van der Waals surface area contributed by atoms with Crippen LogP contribution in [-0.4, -0.2) is 52.0 Å². The number of pyridine rings is 2. The number of aromatic nitrogens is 2. The molecule has 2 aliphatic heterocycles. The van der Waals surface area contributed by atoms with E-state index in [2.05, 4.69) is 15.3 Å². The van der Waals surface area contributed by atoms with Crippen molar-refractivity contribution in [2.75, 3.05) is 25.2 Å². The Morgan fingerprint density at radius 3 is 3.07 bits per heavy atom. The summed E-state index contributed by atoms with van der Waals surface area (Å²) in [7, 11) is 1.64. The highest BCUT2D eigenvalue weighted by Crippen LogP contribution is 2.28. The Morgan fingerprint density at radius 2 is 2.33 bits per heavy atom. The van der Waals surface area contributed by atoms with E-state index in [-0.39, 0.29) is 5.91 Å². The molecule has 1 amide bonds. The number of rotatable bonds is 7. The summed E-state index contributed by atoms with van der Waals surface area (Å²) in [5.74, 6) is 3.02. The van der Waals surface area contributed by atoms with Gasteiger partial charge in [-0.1, -0.05) is 6.07 Å². The van der Waals surface area contributed by atoms with E-state index in [0.29, 0.717) is 37.1 Å². The Labute approximate surface area is 163 Å². The van der Waals surface area contributed by atoms with Crippen molar-refractivity contribution in [1.82, 2.24) is 20.2 Å². The Hall–Kier alpha value is -2.12. The Balaban J connectivity index is 1.45. The zero-order valence-electron chi connectivity index (χ0n) is 15.5. The lowest BCUT2D eigenvalue weighted by Crippen LogP contribution is -2.28. The van der Waals surface area contributed by atoms with Gasteiger partial charge in [-0.2, -0.15) is 11.8 Å². The molecule has 0 bridgehead atoms. The van der Waals surface area contributed by atoms with Crippen LogP contribution in [0.1, 0.15) is 33.7 Å². The molecule has 4 heterocycles. The van der Waals surface area contributed by atoms with E-state index in [1.165, 1.54) is 12.2 Å². The molecule has 0 radical (unpaired) electrons. The summed E-state index contributed by atoms with van der Waals surface area (Å²) in [4.78, 5) is 23.6. The fourth-order valence-corrected chi connectivity index (χ4v) is 4.72. The third-order valence-electron chi connectivity index (χ3n) is 5.07. The van der Waals surface area contributed by atoms with Gasteiger partial charge in [0.05, 0.1) is 24.9 Å². The average molecular weight is 385 g/mol. The number of carbonyl (C=O) groups is 1. The molecule has 1 saturated heterocycles. The second kappa shape index (κ2) is 8.27. The summed E-state index contributed by atoms with van der Waals surface area (Å²) in [5, 5.41) is 3.56. The van der Waals surface area contributed by atoms with Crippen molar-refractivity contribution in [2.45, 2.75) is 32.0 Å². The third-order valence-corrected chi connectivity index (χ3v) is 6.23. The smallest absolute Gasteiger partial charge is 0.256 e. The molecular formula is C20H24N4O2S. The number of hydrogen-bond acceptors (Lipinski definition) is 6.